The van der Waals surface area contributed by atoms with E-state index in [0.717, 1.165) is 28.1 Å². The molecule has 2 N–H and O–H groups in total. The summed E-state index contributed by atoms with van der Waals surface area (Å²) in [6.45, 7) is 7.62. The molecule has 0 aliphatic carbocycles. The Labute approximate surface area is 181 Å². The Balaban J connectivity index is 1.68. The number of aromatic nitrogens is 1. The number of amides is 2. The molecule has 2 heterocycles. The van der Waals surface area contributed by atoms with Crippen LogP contribution in [0.15, 0.2) is 29.8 Å². The van der Waals surface area contributed by atoms with Gasteiger partial charge in [-0.25, -0.2) is 9.78 Å². The maximum absolute atomic E-state index is 12.9. The molecule has 8 heteroatoms. The van der Waals surface area contributed by atoms with Crippen molar-refractivity contribution in [1.82, 2.24) is 15.2 Å². The van der Waals surface area contributed by atoms with Crippen LogP contribution in [-0.2, 0) is 9.53 Å². The molecule has 162 valence electrons. The first-order chi connectivity index (χ1) is 14.2. The van der Waals surface area contributed by atoms with Crippen LogP contribution in [-0.4, -0.2) is 51.8 Å². The van der Waals surface area contributed by atoms with Gasteiger partial charge in [0.05, 0.1) is 28.7 Å². The first kappa shape index (κ1) is 22.2. The van der Waals surface area contributed by atoms with Crippen molar-refractivity contribution in [1.29, 1.82) is 0 Å². The fraction of sp³-hybridized carbons (Fsp3) is 0.500. The molecule has 0 bridgehead atoms. The predicted octanol–water partition coefficient (Wildman–Crippen LogP) is 3.67. The number of thiazole rings is 1. The molecule has 0 spiro atoms. The summed E-state index contributed by atoms with van der Waals surface area (Å²) in [5.74, 6) is -0.278. The van der Waals surface area contributed by atoms with Gasteiger partial charge in [0.15, 0.2) is 0 Å². The minimum absolute atomic E-state index is 0.232. The molecular formula is C22H29N3O4S. The lowest BCUT2D eigenvalue weighted by molar-refractivity contribution is -0.126. The zero-order chi connectivity index (χ0) is 21.9. The van der Waals surface area contributed by atoms with Gasteiger partial charge in [0, 0.05) is 6.54 Å². The van der Waals surface area contributed by atoms with Crippen molar-refractivity contribution in [2.45, 2.75) is 58.2 Å². The molecule has 1 saturated heterocycles. The molecule has 7 nitrogen and oxygen atoms in total. The zero-order valence-electron chi connectivity index (χ0n) is 17.8. The van der Waals surface area contributed by atoms with Crippen LogP contribution in [0.5, 0.6) is 0 Å². The standard InChI is InChI=1S/C22H29N3O4S/c1-14-19(30-13-23-14)16-9-7-15(8-10-16)17(12-26)24-20(27)18-6-5-11-25(18)21(28)29-22(2,3)4/h7-10,13,17-18,26H,5-6,11-12H2,1-4H3,(H,24,27). The molecule has 0 saturated carbocycles. The molecule has 1 aromatic carbocycles. The number of hydrogen-bond donors (Lipinski definition) is 2. The highest BCUT2D eigenvalue weighted by Gasteiger charge is 2.37. The van der Waals surface area contributed by atoms with Crippen LogP contribution in [0.2, 0.25) is 0 Å². The number of aliphatic hydroxyl groups is 1. The Hall–Kier alpha value is -2.45. The number of nitrogens with one attached hydrogen (secondary N) is 1. The number of hydrogen-bond acceptors (Lipinski definition) is 6. The van der Waals surface area contributed by atoms with E-state index in [9.17, 15) is 14.7 Å². The monoisotopic (exact) mass is 431 g/mol. The Kier molecular flexibility index (Phi) is 6.77. The average Bonchev–Trinajstić information content (AvgIpc) is 3.34. The first-order valence-corrected chi connectivity index (χ1v) is 11.0. The third-order valence-corrected chi connectivity index (χ3v) is 5.98. The van der Waals surface area contributed by atoms with Gasteiger partial charge >= 0.3 is 6.09 Å². The van der Waals surface area contributed by atoms with Gasteiger partial charge in [-0.2, -0.15) is 0 Å². The highest BCUT2D eigenvalue weighted by atomic mass is 32.1. The van der Waals surface area contributed by atoms with Crippen LogP contribution in [0.3, 0.4) is 0 Å². The van der Waals surface area contributed by atoms with Crippen LogP contribution in [0, 0.1) is 6.92 Å². The number of benzene rings is 1. The Morgan fingerprint density at radius 2 is 2.03 bits per heavy atom. The van der Waals surface area contributed by atoms with Gasteiger partial charge < -0.3 is 15.2 Å². The fourth-order valence-corrected chi connectivity index (χ4v) is 4.34. The average molecular weight is 432 g/mol. The molecule has 2 atom stereocenters. The number of ether oxygens (including phenoxy) is 1. The third-order valence-electron chi connectivity index (χ3n) is 5.00. The maximum atomic E-state index is 12.9. The van der Waals surface area contributed by atoms with Gasteiger partial charge in [0.25, 0.3) is 0 Å². The Bertz CT molecular complexity index is 889. The molecule has 1 aliphatic heterocycles. The van der Waals surface area contributed by atoms with Crippen molar-refractivity contribution < 1.29 is 19.4 Å². The van der Waals surface area contributed by atoms with Gasteiger partial charge in [-0.3, -0.25) is 9.69 Å². The molecule has 30 heavy (non-hydrogen) atoms. The fourth-order valence-electron chi connectivity index (χ4n) is 3.53. The molecule has 0 radical (unpaired) electrons. The SMILES string of the molecule is Cc1ncsc1-c1ccc(C(CO)NC(=O)C2CCCN2C(=O)OC(C)(C)C)cc1. The second kappa shape index (κ2) is 9.14. The van der Waals surface area contributed by atoms with E-state index in [4.69, 9.17) is 4.74 Å². The van der Waals surface area contributed by atoms with E-state index in [2.05, 4.69) is 10.3 Å². The number of carbonyl (C=O) groups is 2. The molecule has 2 unspecified atom stereocenters. The molecule has 1 aliphatic rings. The number of aryl methyl sites for hydroxylation is 1. The van der Waals surface area contributed by atoms with Crippen LogP contribution in [0.25, 0.3) is 10.4 Å². The van der Waals surface area contributed by atoms with Gasteiger partial charge in [-0.1, -0.05) is 24.3 Å². The van der Waals surface area contributed by atoms with Crippen LogP contribution >= 0.6 is 11.3 Å². The van der Waals surface area contributed by atoms with E-state index >= 15 is 0 Å². The summed E-state index contributed by atoms with van der Waals surface area (Å²) in [6, 6.07) is 6.59. The second-order valence-electron chi connectivity index (χ2n) is 8.46. The van der Waals surface area contributed by atoms with Crippen molar-refractivity contribution >= 4 is 23.3 Å². The van der Waals surface area contributed by atoms with Crippen molar-refractivity contribution in [3.8, 4) is 10.4 Å². The van der Waals surface area contributed by atoms with Crippen molar-refractivity contribution in [3.05, 3.63) is 41.0 Å². The van der Waals surface area contributed by atoms with Gasteiger partial charge in [0.1, 0.15) is 11.6 Å². The zero-order valence-corrected chi connectivity index (χ0v) is 18.7. The van der Waals surface area contributed by atoms with E-state index in [1.54, 1.807) is 32.1 Å². The second-order valence-corrected chi connectivity index (χ2v) is 9.32. The summed E-state index contributed by atoms with van der Waals surface area (Å²) in [6.07, 6.45) is 0.835. The molecule has 2 amide bonds. The van der Waals surface area contributed by atoms with E-state index in [1.165, 1.54) is 4.90 Å². The summed E-state index contributed by atoms with van der Waals surface area (Å²) < 4.78 is 5.43. The van der Waals surface area contributed by atoms with E-state index < -0.39 is 23.8 Å². The summed E-state index contributed by atoms with van der Waals surface area (Å²) in [5, 5.41) is 12.8. The lowest BCUT2D eigenvalue weighted by Crippen LogP contribution is -2.48. The lowest BCUT2D eigenvalue weighted by atomic mass is 10.0. The van der Waals surface area contributed by atoms with Crippen LogP contribution in [0.1, 0.15) is 50.9 Å². The molecule has 2 aromatic rings. The molecule has 1 fully saturated rings. The van der Waals surface area contributed by atoms with Crippen molar-refractivity contribution in [3.63, 3.8) is 0 Å². The summed E-state index contributed by atoms with van der Waals surface area (Å²) in [7, 11) is 0. The topological polar surface area (TPSA) is 91.8 Å². The summed E-state index contributed by atoms with van der Waals surface area (Å²) in [4.78, 5) is 32.2. The largest absolute Gasteiger partial charge is 0.444 e. The van der Waals surface area contributed by atoms with Crippen LogP contribution in [0.4, 0.5) is 4.79 Å². The third kappa shape index (κ3) is 5.17. The van der Waals surface area contributed by atoms with E-state index in [-0.39, 0.29) is 12.5 Å². The molecular weight excluding hydrogens is 402 g/mol. The number of likely N-dealkylation sites (tertiary alicyclic amines) is 1. The van der Waals surface area contributed by atoms with Gasteiger partial charge in [-0.05, 0) is 51.7 Å². The maximum Gasteiger partial charge on any atom is 0.410 e. The van der Waals surface area contributed by atoms with Crippen molar-refractivity contribution in [2.24, 2.45) is 0 Å². The lowest BCUT2D eigenvalue weighted by Gasteiger charge is -2.29. The predicted molar refractivity (Wildman–Crippen MR) is 116 cm³/mol. The van der Waals surface area contributed by atoms with E-state index in [1.807, 2.05) is 36.7 Å². The Morgan fingerprint density at radius 1 is 1.33 bits per heavy atom. The smallest absolute Gasteiger partial charge is 0.410 e. The number of carbonyl (C=O) groups excluding carboxylic acids is 2. The number of rotatable bonds is 5. The minimum Gasteiger partial charge on any atom is -0.444 e. The molecule has 1 aromatic heterocycles. The summed E-state index contributed by atoms with van der Waals surface area (Å²) in [5.41, 5.74) is 4.02. The van der Waals surface area contributed by atoms with Crippen LogP contribution < -0.4 is 5.32 Å². The van der Waals surface area contributed by atoms with Crippen molar-refractivity contribution in [2.75, 3.05) is 13.2 Å². The van der Waals surface area contributed by atoms with Gasteiger partial charge in [-0.15, -0.1) is 11.3 Å². The molecule has 3 rings (SSSR count). The number of aliphatic hydroxyl groups excluding tert-OH is 1. The highest BCUT2D eigenvalue weighted by Crippen LogP contribution is 2.28. The Morgan fingerprint density at radius 3 is 2.60 bits per heavy atom. The highest BCUT2D eigenvalue weighted by molar-refractivity contribution is 7.13. The van der Waals surface area contributed by atoms with E-state index in [0.29, 0.717) is 13.0 Å². The number of nitrogens with zero attached hydrogens (tertiary/aromatic N) is 2. The summed E-state index contributed by atoms with van der Waals surface area (Å²) >= 11 is 1.58. The normalized spacial score (nSPS) is 17.6. The minimum atomic E-state index is -0.619. The quantitative estimate of drug-likeness (QED) is 0.754. The first-order valence-electron chi connectivity index (χ1n) is 10.1. The van der Waals surface area contributed by atoms with Gasteiger partial charge in [0.2, 0.25) is 5.91 Å².